The minimum Gasteiger partial charge on any atom is -0.459 e. The lowest BCUT2D eigenvalue weighted by molar-refractivity contribution is 0.0906. The number of hydrogen-bond donors (Lipinski definition) is 1. The molecule has 0 saturated heterocycles. The zero-order chi connectivity index (χ0) is 12.9. The van der Waals surface area contributed by atoms with Gasteiger partial charge in [-0.15, -0.1) is 11.6 Å². The van der Waals surface area contributed by atoms with Gasteiger partial charge >= 0.3 is 0 Å². The Labute approximate surface area is 108 Å². The van der Waals surface area contributed by atoms with Gasteiger partial charge in [-0.05, 0) is 31.2 Å². The number of halogens is 1. The van der Waals surface area contributed by atoms with E-state index in [1.807, 2.05) is 6.92 Å². The molecule has 0 aliphatic carbocycles. The van der Waals surface area contributed by atoms with Crippen LogP contribution < -0.4 is 5.32 Å². The van der Waals surface area contributed by atoms with Gasteiger partial charge in [0.1, 0.15) is 0 Å². The van der Waals surface area contributed by atoms with E-state index in [0.29, 0.717) is 18.2 Å². The van der Waals surface area contributed by atoms with Gasteiger partial charge in [0.25, 0.3) is 5.91 Å². The molecule has 0 unspecified atom stereocenters. The van der Waals surface area contributed by atoms with Gasteiger partial charge in [-0.2, -0.15) is 0 Å². The molecule has 0 aliphatic heterocycles. The summed E-state index contributed by atoms with van der Waals surface area (Å²) in [5.74, 6) is 0.916. The third-order valence-corrected chi connectivity index (χ3v) is 3.05. The van der Waals surface area contributed by atoms with Crippen LogP contribution in [0.5, 0.6) is 0 Å². The summed E-state index contributed by atoms with van der Waals surface area (Å²) in [6.07, 6.45) is 3.49. The molecule has 0 bridgehead atoms. The molecule has 1 aromatic rings. The monoisotopic (exact) mass is 257 g/mol. The van der Waals surface area contributed by atoms with Crippen molar-refractivity contribution in [3.63, 3.8) is 0 Å². The first-order valence-electron chi connectivity index (χ1n) is 5.84. The Morgan fingerprint density at radius 3 is 2.76 bits per heavy atom. The molecule has 1 amide bonds. The van der Waals surface area contributed by atoms with Crippen molar-refractivity contribution in [3.05, 3.63) is 23.7 Å². The summed E-state index contributed by atoms with van der Waals surface area (Å²) in [4.78, 5) is 11.8. The lowest BCUT2D eigenvalue weighted by Crippen LogP contribution is -2.34. The number of furan rings is 1. The second kappa shape index (κ2) is 6.10. The third kappa shape index (κ3) is 4.43. The number of carbonyl (C=O) groups excluding carboxylic acids is 1. The van der Waals surface area contributed by atoms with E-state index in [4.69, 9.17) is 16.0 Å². The van der Waals surface area contributed by atoms with Crippen molar-refractivity contribution in [1.29, 1.82) is 0 Å². The van der Waals surface area contributed by atoms with E-state index in [1.54, 1.807) is 6.07 Å². The zero-order valence-electron chi connectivity index (χ0n) is 10.7. The van der Waals surface area contributed by atoms with Crippen LogP contribution in [0.2, 0.25) is 0 Å². The van der Waals surface area contributed by atoms with Crippen LogP contribution >= 0.6 is 11.6 Å². The minimum absolute atomic E-state index is 0.0606. The van der Waals surface area contributed by atoms with E-state index in [9.17, 15) is 4.79 Å². The zero-order valence-corrected chi connectivity index (χ0v) is 11.4. The molecular weight excluding hydrogens is 238 g/mol. The lowest BCUT2D eigenvalue weighted by atomic mass is 9.88. The average Bonchev–Trinajstić information content (AvgIpc) is 2.70. The number of hydrogen-bond acceptors (Lipinski definition) is 2. The van der Waals surface area contributed by atoms with Crippen LogP contribution in [-0.4, -0.2) is 18.3 Å². The molecule has 0 aliphatic rings. The Bertz CT molecular complexity index is 371. The van der Waals surface area contributed by atoms with E-state index < -0.39 is 0 Å². The highest BCUT2D eigenvalue weighted by atomic mass is 35.5. The highest BCUT2D eigenvalue weighted by Crippen LogP contribution is 2.21. The van der Waals surface area contributed by atoms with Crippen molar-refractivity contribution in [2.24, 2.45) is 5.41 Å². The minimum atomic E-state index is -0.147. The molecule has 1 N–H and O–H groups in total. The maximum absolute atomic E-state index is 11.8. The Balaban J connectivity index is 2.45. The van der Waals surface area contributed by atoms with Gasteiger partial charge < -0.3 is 9.73 Å². The quantitative estimate of drug-likeness (QED) is 0.794. The molecule has 0 aromatic carbocycles. The second-order valence-corrected chi connectivity index (χ2v) is 5.45. The summed E-state index contributed by atoms with van der Waals surface area (Å²) in [6.45, 7) is 6.73. The molecule has 17 heavy (non-hydrogen) atoms. The van der Waals surface area contributed by atoms with Crippen LogP contribution in [0, 0.1) is 12.3 Å². The predicted molar refractivity (Wildman–Crippen MR) is 69.5 cm³/mol. The molecule has 1 rings (SSSR count). The van der Waals surface area contributed by atoms with E-state index in [1.165, 1.54) is 6.26 Å². The highest BCUT2D eigenvalue weighted by molar-refractivity contribution is 6.17. The lowest BCUT2D eigenvalue weighted by Gasteiger charge is -2.24. The first kappa shape index (κ1) is 14.1. The van der Waals surface area contributed by atoms with Gasteiger partial charge in [0.15, 0.2) is 5.76 Å². The van der Waals surface area contributed by atoms with Crippen LogP contribution in [0.15, 0.2) is 16.7 Å². The van der Waals surface area contributed by atoms with E-state index >= 15 is 0 Å². The molecule has 0 saturated carbocycles. The van der Waals surface area contributed by atoms with Crippen molar-refractivity contribution in [2.45, 2.75) is 33.6 Å². The average molecular weight is 258 g/mol. The normalized spacial score (nSPS) is 11.5. The topological polar surface area (TPSA) is 42.2 Å². The second-order valence-electron chi connectivity index (χ2n) is 5.07. The SMILES string of the molecule is Cc1ccoc1C(=O)NCC(C)(C)CCCCl. The first-order valence-corrected chi connectivity index (χ1v) is 6.38. The van der Waals surface area contributed by atoms with Crippen molar-refractivity contribution in [1.82, 2.24) is 5.32 Å². The number of aryl methyl sites for hydroxylation is 1. The molecule has 0 radical (unpaired) electrons. The molecule has 1 aromatic heterocycles. The van der Waals surface area contributed by atoms with Gasteiger partial charge in [-0.25, -0.2) is 0 Å². The summed E-state index contributed by atoms with van der Waals surface area (Å²) < 4.78 is 5.14. The summed E-state index contributed by atoms with van der Waals surface area (Å²) in [7, 11) is 0. The number of rotatable bonds is 6. The maximum atomic E-state index is 11.8. The predicted octanol–water partition coefficient (Wildman–Crippen LogP) is 3.36. The fourth-order valence-corrected chi connectivity index (χ4v) is 1.77. The number of nitrogens with one attached hydrogen (secondary N) is 1. The summed E-state index contributed by atoms with van der Waals surface area (Å²) in [5, 5.41) is 2.90. The van der Waals surface area contributed by atoms with Gasteiger partial charge in [-0.1, -0.05) is 13.8 Å². The summed E-state index contributed by atoms with van der Waals surface area (Å²) in [6, 6.07) is 1.79. The van der Waals surface area contributed by atoms with E-state index in [2.05, 4.69) is 19.2 Å². The molecular formula is C13H20ClNO2. The standard InChI is InChI=1S/C13H20ClNO2/c1-10-5-8-17-11(10)12(16)15-9-13(2,3)6-4-7-14/h5,8H,4,6-7,9H2,1-3H3,(H,15,16). The first-order chi connectivity index (χ1) is 7.96. The van der Waals surface area contributed by atoms with Crippen molar-refractivity contribution < 1.29 is 9.21 Å². The van der Waals surface area contributed by atoms with Gasteiger partial charge in [0.2, 0.25) is 0 Å². The molecule has 4 heteroatoms. The molecule has 0 atom stereocenters. The van der Waals surface area contributed by atoms with E-state index in [0.717, 1.165) is 18.4 Å². The number of carbonyl (C=O) groups is 1. The van der Waals surface area contributed by atoms with Crippen LogP contribution in [-0.2, 0) is 0 Å². The van der Waals surface area contributed by atoms with Gasteiger partial charge in [-0.3, -0.25) is 4.79 Å². The molecule has 1 heterocycles. The maximum Gasteiger partial charge on any atom is 0.287 e. The third-order valence-electron chi connectivity index (χ3n) is 2.78. The molecule has 0 fully saturated rings. The van der Waals surface area contributed by atoms with Crippen molar-refractivity contribution in [2.75, 3.05) is 12.4 Å². The molecule has 3 nitrogen and oxygen atoms in total. The summed E-state index contributed by atoms with van der Waals surface area (Å²) in [5.41, 5.74) is 0.923. The Morgan fingerprint density at radius 2 is 2.24 bits per heavy atom. The van der Waals surface area contributed by atoms with Crippen LogP contribution in [0.1, 0.15) is 42.8 Å². The fraction of sp³-hybridized carbons (Fsp3) is 0.615. The highest BCUT2D eigenvalue weighted by Gasteiger charge is 2.20. The van der Waals surface area contributed by atoms with Gasteiger partial charge in [0.05, 0.1) is 6.26 Å². The van der Waals surface area contributed by atoms with Crippen molar-refractivity contribution >= 4 is 17.5 Å². The van der Waals surface area contributed by atoms with Crippen molar-refractivity contribution in [3.8, 4) is 0 Å². The van der Waals surface area contributed by atoms with Crippen LogP contribution in [0.3, 0.4) is 0 Å². The van der Waals surface area contributed by atoms with Crippen LogP contribution in [0.4, 0.5) is 0 Å². The van der Waals surface area contributed by atoms with E-state index in [-0.39, 0.29) is 11.3 Å². The Morgan fingerprint density at radius 1 is 1.53 bits per heavy atom. The number of amides is 1. The van der Waals surface area contributed by atoms with Crippen LogP contribution in [0.25, 0.3) is 0 Å². The largest absolute Gasteiger partial charge is 0.459 e. The summed E-state index contributed by atoms with van der Waals surface area (Å²) >= 11 is 5.67. The van der Waals surface area contributed by atoms with Gasteiger partial charge in [0, 0.05) is 18.0 Å². The Kier molecular flexibility index (Phi) is 5.06. The fourth-order valence-electron chi connectivity index (χ4n) is 1.64. The Hall–Kier alpha value is -0.960. The number of alkyl halides is 1. The molecule has 0 spiro atoms. The smallest absolute Gasteiger partial charge is 0.287 e. The molecule has 96 valence electrons.